The second-order valence-electron chi connectivity index (χ2n) is 4.95. The number of hydrogen-bond acceptors (Lipinski definition) is 3. The topological polar surface area (TPSA) is 42.7 Å². The highest BCUT2D eigenvalue weighted by Crippen LogP contribution is 2.20. The third-order valence-electron chi connectivity index (χ3n) is 3.54. The van der Waals surface area contributed by atoms with Crippen LogP contribution in [0.4, 0.5) is 0 Å². The molecule has 102 valence electrons. The summed E-state index contributed by atoms with van der Waals surface area (Å²) in [5, 5.41) is 13.8. The third kappa shape index (κ3) is 2.86. The first kappa shape index (κ1) is 12.8. The minimum absolute atomic E-state index is 0.322. The Hall–Kier alpha value is -2.20. The van der Waals surface area contributed by atoms with E-state index in [2.05, 4.69) is 65.0 Å². The van der Waals surface area contributed by atoms with Gasteiger partial charge in [-0.1, -0.05) is 41.6 Å². The van der Waals surface area contributed by atoms with Gasteiger partial charge in [0.1, 0.15) is 0 Å². The molecule has 0 fully saturated rings. The highest BCUT2D eigenvalue weighted by molar-refractivity contribution is 5.83. The van der Waals surface area contributed by atoms with Crippen LogP contribution in [0.1, 0.15) is 18.5 Å². The summed E-state index contributed by atoms with van der Waals surface area (Å²) in [6.07, 6.45) is 3.58. The van der Waals surface area contributed by atoms with Gasteiger partial charge in [0.05, 0.1) is 12.7 Å². The molecule has 1 atom stereocenters. The van der Waals surface area contributed by atoms with Gasteiger partial charge in [0.15, 0.2) is 0 Å². The molecular formula is C16H18N4. The standard InChI is InChI=1S/C16H18N4/c1-13(17-8-10-20-11-9-18-19-20)15-7-6-14-4-2-3-5-16(14)12-15/h2-7,9,11-13,17H,8,10H2,1H3. The van der Waals surface area contributed by atoms with Gasteiger partial charge >= 0.3 is 0 Å². The lowest BCUT2D eigenvalue weighted by molar-refractivity contribution is 0.499. The zero-order chi connectivity index (χ0) is 13.8. The maximum absolute atomic E-state index is 3.95. The van der Waals surface area contributed by atoms with E-state index in [-0.39, 0.29) is 0 Å². The number of nitrogens with one attached hydrogen (secondary N) is 1. The van der Waals surface area contributed by atoms with Crippen molar-refractivity contribution in [2.75, 3.05) is 6.54 Å². The Morgan fingerprint density at radius 3 is 2.80 bits per heavy atom. The van der Waals surface area contributed by atoms with Crippen molar-refractivity contribution in [3.05, 3.63) is 60.4 Å². The molecule has 3 rings (SSSR count). The van der Waals surface area contributed by atoms with E-state index in [4.69, 9.17) is 0 Å². The van der Waals surface area contributed by atoms with Crippen LogP contribution in [0.25, 0.3) is 10.8 Å². The molecule has 0 bridgehead atoms. The van der Waals surface area contributed by atoms with Crippen molar-refractivity contribution in [1.29, 1.82) is 0 Å². The zero-order valence-electron chi connectivity index (χ0n) is 11.5. The molecule has 20 heavy (non-hydrogen) atoms. The molecule has 0 radical (unpaired) electrons. The maximum Gasteiger partial charge on any atom is 0.0692 e. The molecule has 4 nitrogen and oxygen atoms in total. The molecular weight excluding hydrogens is 248 g/mol. The molecule has 0 aliphatic heterocycles. The van der Waals surface area contributed by atoms with E-state index in [1.54, 1.807) is 6.20 Å². The fourth-order valence-electron chi connectivity index (χ4n) is 2.34. The van der Waals surface area contributed by atoms with Gasteiger partial charge in [-0.15, -0.1) is 5.10 Å². The zero-order valence-corrected chi connectivity index (χ0v) is 11.5. The first-order chi connectivity index (χ1) is 9.83. The summed E-state index contributed by atoms with van der Waals surface area (Å²) in [5.41, 5.74) is 1.31. The Labute approximate surface area is 118 Å². The summed E-state index contributed by atoms with van der Waals surface area (Å²) in [6, 6.07) is 15.4. The molecule has 1 N–H and O–H groups in total. The fourth-order valence-corrected chi connectivity index (χ4v) is 2.34. The summed E-state index contributed by atoms with van der Waals surface area (Å²) in [4.78, 5) is 0. The van der Waals surface area contributed by atoms with E-state index in [0.29, 0.717) is 6.04 Å². The molecule has 0 aliphatic carbocycles. The van der Waals surface area contributed by atoms with Crippen LogP contribution in [0.2, 0.25) is 0 Å². The van der Waals surface area contributed by atoms with Crippen LogP contribution in [0.5, 0.6) is 0 Å². The van der Waals surface area contributed by atoms with Gasteiger partial charge in [0.25, 0.3) is 0 Å². The van der Waals surface area contributed by atoms with Crippen LogP contribution in [0.3, 0.4) is 0 Å². The van der Waals surface area contributed by atoms with E-state index in [9.17, 15) is 0 Å². The van der Waals surface area contributed by atoms with Gasteiger partial charge in [-0.25, -0.2) is 0 Å². The van der Waals surface area contributed by atoms with Gasteiger partial charge in [0, 0.05) is 18.8 Å². The highest BCUT2D eigenvalue weighted by Gasteiger charge is 2.05. The molecule has 1 unspecified atom stereocenters. The van der Waals surface area contributed by atoms with Gasteiger partial charge in [0.2, 0.25) is 0 Å². The number of nitrogens with zero attached hydrogens (tertiary/aromatic N) is 3. The summed E-state index contributed by atoms with van der Waals surface area (Å²) in [7, 11) is 0. The quantitative estimate of drug-likeness (QED) is 0.772. The van der Waals surface area contributed by atoms with Gasteiger partial charge in [-0.3, -0.25) is 4.68 Å². The number of fused-ring (bicyclic) bond motifs is 1. The molecule has 0 spiro atoms. The Morgan fingerprint density at radius 2 is 2.00 bits per heavy atom. The minimum atomic E-state index is 0.322. The van der Waals surface area contributed by atoms with Crippen LogP contribution in [0, 0.1) is 0 Å². The number of rotatable bonds is 5. The summed E-state index contributed by atoms with van der Waals surface area (Å²) >= 11 is 0. The monoisotopic (exact) mass is 266 g/mol. The van der Waals surface area contributed by atoms with Crippen molar-refractivity contribution >= 4 is 10.8 Å². The largest absolute Gasteiger partial charge is 0.308 e. The predicted molar refractivity (Wildman–Crippen MR) is 80.4 cm³/mol. The molecule has 1 heterocycles. The third-order valence-corrected chi connectivity index (χ3v) is 3.54. The lowest BCUT2D eigenvalue weighted by Crippen LogP contribution is -2.23. The molecule has 0 saturated carbocycles. The first-order valence-corrected chi connectivity index (χ1v) is 6.89. The van der Waals surface area contributed by atoms with E-state index >= 15 is 0 Å². The molecule has 1 aromatic heterocycles. The Morgan fingerprint density at radius 1 is 1.15 bits per heavy atom. The fraction of sp³-hybridized carbons (Fsp3) is 0.250. The first-order valence-electron chi connectivity index (χ1n) is 6.89. The Bertz CT molecular complexity index is 676. The van der Waals surface area contributed by atoms with E-state index in [1.165, 1.54) is 16.3 Å². The lowest BCUT2D eigenvalue weighted by Gasteiger charge is -2.15. The van der Waals surface area contributed by atoms with Crippen LogP contribution in [0.15, 0.2) is 54.9 Å². The van der Waals surface area contributed by atoms with Crippen molar-refractivity contribution in [3.8, 4) is 0 Å². The van der Waals surface area contributed by atoms with E-state index in [0.717, 1.165) is 13.1 Å². The van der Waals surface area contributed by atoms with Crippen molar-refractivity contribution in [3.63, 3.8) is 0 Å². The lowest BCUT2D eigenvalue weighted by atomic mass is 10.0. The SMILES string of the molecule is CC(NCCn1ccnn1)c1ccc2ccccc2c1. The van der Waals surface area contributed by atoms with Gasteiger partial charge < -0.3 is 5.32 Å². The summed E-state index contributed by atoms with van der Waals surface area (Å²) in [5.74, 6) is 0. The second-order valence-corrected chi connectivity index (χ2v) is 4.95. The smallest absolute Gasteiger partial charge is 0.0692 e. The molecule has 0 aliphatic rings. The van der Waals surface area contributed by atoms with Gasteiger partial charge in [-0.2, -0.15) is 0 Å². The van der Waals surface area contributed by atoms with Crippen molar-refractivity contribution in [2.24, 2.45) is 0 Å². The average Bonchev–Trinajstić information content (AvgIpc) is 3.00. The average molecular weight is 266 g/mol. The van der Waals surface area contributed by atoms with Crippen LogP contribution < -0.4 is 5.32 Å². The van der Waals surface area contributed by atoms with E-state index in [1.807, 2.05) is 10.9 Å². The molecule has 0 amide bonds. The maximum atomic E-state index is 3.95. The summed E-state index contributed by atoms with van der Waals surface area (Å²) in [6.45, 7) is 3.89. The molecule has 4 heteroatoms. The van der Waals surface area contributed by atoms with E-state index < -0.39 is 0 Å². The second kappa shape index (κ2) is 5.84. The van der Waals surface area contributed by atoms with Gasteiger partial charge in [-0.05, 0) is 29.3 Å². The number of aromatic nitrogens is 3. The van der Waals surface area contributed by atoms with Crippen LogP contribution in [-0.2, 0) is 6.54 Å². The predicted octanol–water partition coefficient (Wildman–Crippen LogP) is 2.78. The number of hydrogen-bond donors (Lipinski definition) is 1. The highest BCUT2D eigenvalue weighted by atomic mass is 15.4. The van der Waals surface area contributed by atoms with Crippen molar-refractivity contribution in [1.82, 2.24) is 20.3 Å². The van der Waals surface area contributed by atoms with Crippen molar-refractivity contribution < 1.29 is 0 Å². The number of benzene rings is 2. The molecule has 2 aromatic carbocycles. The minimum Gasteiger partial charge on any atom is -0.308 e. The molecule has 0 saturated heterocycles. The normalized spacial score (nSPS) is 12.7. The van der Waals surface area contributed by atoms with Crippen molar-refractivity contribution in [2.45, 2.75) is 19.5 Å². The van der Waals surface area contributed by atoms with Crippen LogP contribution in [-0.4, -0.2) is 21.5 Å². The van der Waals surface area contributed by atoms with Crippen LogP contribution >= 0.6 is 0 Å². The Balaban J connectivity index is 1.64. The summed E-state index contributed by atoms with van der Waals surface area (Å²) < 4.78 is 1.83. The molecule has 3 aromatic rings. The Kier molecular flexibility index (Phi) is 3.74.